The number of ether oxygens (including phenoxy) is 1. The Morgan fingerprint density at radius 3 is 2.72 bits per heavy atom. The molecule has 0 bridgehead atoms. The van der Waals surface area contributed by atoms with Crippen molar-refractivity contribution in [2.24, 2.45) is 0 Å². The van der Waals surface area contributed by atoms with Crippen LogP contribution in [0.25, 0.3) is 0 Å². The molecule has 0 aromatic heterocycles. The van der Waals surface area contributed by atoms with Crippen LogP contribution in [0.4, 0.5) is 5.69 Å². The number of likely N-dealkylation sites (N-methyl/N-ethyl adjacent to an activating group) is 1. The second kappa shape index (κ2) is 7.62. The summed E-state index contributed by atoms with van der Waals surface area (Å²) < 4.78 is 5.57. The molecular formula is C14H23ClN2O. The first-order valence-electron chi connectivity index (χ1n) is 6.30. The molecule has 102 valence electrons. The summed E-state index contributed by atoms with van der Waals surface area (Å²) in [6, 6.07) is 5.99. The number of hydrogen-bond donors (Lipinski definition) is 1. The van der Waals surface area contributed by atoms with Crippen molar-refractivity contribution in [3.8, 4) is 0 Å². The largest absolute Gasteiger partial charge is 0.377 e. The summed E-state index contributed by atoms with van der Waals surface area (Å²) in [4.78, 5) is 2.18. The van der Waals surface area contributed by atoms with Crippen LogP contribution in [0.15, 0.2) is 18.2 Å². The molecule has 0 fully saturated rings. The normalized spacial score (nSPS) is 11.0. The van der Waals surface area contributed by atoms with Crippen LogP contribution >= 0.6 is 11.6 Å². The molecule has 0 atom stereocenters. The molecule has 18 heavy (non-hydrogen) atoms. The van der Waals surface area contributed by atoms with Gasteiger partial charge >= 0.3 is 0 Å². The highest BCUT2D eigenvalue weighted by Crippen LogP contribution is 2.24. The average Bonchev–Trinajstić information content (AvgIpc) is 2.31. The maximum Gasteiger partial charge on any atom is 0.0644 e. The molecular weight excluding hydrogens is 248 g/mol. The summed E-state index contributed by atoms with van der Waals surface area (Å²) in [7, 11) is 4.01. The van der Waals surface area contributed by atoms with E-state index in [9.17, 15) is 0 Å². The number of halogens is 1. The molecule has 0 aliphatic carbocycles. The average molecular weight is 271 g/mol. The van der Waals surface area contributed by atoms with Gasteiger partial charge in [-0.25, -0.2) is 0 Å². The van der Waals surface area contributed by atoms with E-state index in [2.05, 4.69) is 23.3 Å². The van der Waals surface area contributed by atoms with Crippen LogP contribution in [0, 0.1) is 0 Å². The standard InChI is InChI=1S/C14H23ClN2O/c1-11(2)18-8-7-17(4)14-9-13(15)6-5-12(14)10-16-3/h5-6,9,11,16H,7-8,10H2,1-4H3. The number of nitrogens with one attached hydrogen (secondary N) is 1. The van der Waals surface area contributed by atoms with Crippen LogP contribution in [-0.2, 0) is 11.3 Å². The molecule has 0 saturated carbocycles. The van der Waals surface area contributed by atoms with E-state index in [1.165, 1.54) is 5.56 Å². The quantitative estimate of drug-likeness (QED) is 0.825. The van der Waals surface area contributed by atoms with Crippen LogP contribution < -0.4 is 10.2 Å². The predicted molar refractivity (Wildman–Crippen MR) is 78.6 cm³/mol. The zero-order chi connectivity index (χ0) is 13.5. The monoisotopic (exact) mass is 270 g/mol. The van der Waals surface area contributed by atoms with Crippen molar-refractivity contribution in [2.45, 2.75) is 26.5 Å². The Bertz CT molecular complexity index is 369. The molecule has 0 unspecified atom stereocenters. The number of rotatable bonds is 7. The molecule has 0 radical (unpaired) electrons. The van der Waals surface area contributed by atoms with Gasteiger partial charge < -0.3 is 15.0 Å². The van der Waals surface area contributed by atoms with E-state index >= 15 is 0 Å². The van der Waals surface area contributed by atoms with Gasteiger partial charge in [-0.15, -0.1) is 0 Å². The minimum absolute atomic E-state index is 0.273. The minimum Gasteiger partial charge on any atom is -0.377 e. The van der Waals surface area contributed by atoms with Gasteiger partial charge in [-0.3, -0.25) is 0 Å². The molecule has 3 nitrogen and oxygen atoms in total. The second-order valence-electron chi connectivity index (χ2n) is 4.64. The number of nitrogens with zero attached hydrogens (tertiary/aromatic N) is 1. The fraction of sp³-hybridized carbons (Fsp3) is 0.571. The van der Waals surface area contributed by atoms with Crippen LogP contribution in [0.1, 0.15) is 19.4 Å². The van der Waals surface area contributed by atoms with Crippen molar-refractivity contribution in [3.05, 3.63) is 28.8 Å². The fourth-order valence-corrected chi connectivity index (χ4v) is 1.94. The molecule has 1 rings (SSSR count). The summed E-state index contributed by atoms with van der Waals surface area (Å²) >= 11 is 6.07. The zero-order valence-electron chi connectivity index (χ0n) is 11.7. The molecule has 0 spiro atoms. The first kappa shape index (κ1) is 15.3. The van der Waals surface area contributed by atoms with Gasteiger partial charge in [0.05, 0.1) is 12.7 Å². The number of benzene rings is 1. The van der Waals surface area contributed by atoms with Crippen molar-refractivity contribution in [3.63, 3.8) is 0 Å². The third-order valence-corrected chi connectivity index (χ3v) is 2.94. The molecule has 0 amide bonds. The Kier molecular flexibility index (Phi) is 6.47. The molecule has 1 N–H and O–H groups in total. The lowest BCUT2D eigenvalue weighted by molar-refractivity contribution is 0.0846. The van der Waals surface area contributed by atoms with Gasteiger partial charge in [0.15, 0.2) is 0 Å². The van der Waals surface area contributed by atoms with E-state index in [-0.39, 0.29) is 6.10 Å². The van der Waals surface area contributed by atoms with E-state index in [4.69, 9.17) is 16.3 Å². The van der Waals surface area contributed by atoms with Crippen molar-refractivity contribution in [2.75, 3.05) is 32.1 Å². The van der Waals surface area contributed by atoms with E-state index in [1.807, 2.05) is 33.0 Å². The Balaban J connectivity index is 2.70. The van der Waals surface area contributed by atoms with Crippen molar-refractivity contribution in [1.29, 1.82) is 0 Å². The predicted octanol–water partition coefficient (Wildman–Crippen LogP) is 2.92. The molecule has 4 heteroatoms. The summed E-state index contributed by atoms with van der Waals surface area (Å²) in [5, 5.41) is 3.94. The molecule has 1 aromatic rings. The van der Waals surface area contributed by atoms with E-state index in [0.29, 0.717) is 0 Å². The Morgan fingerprint density at radius 1 is 1.39 bits per heavy atom. The first-order valence-corrected chi connectivity index (χ1v) is 6.68. The maximum atomic E-state index is 6.07. The maximum absolute atomic E-state index is 6.07. The van der Waals surface area contributed by atoms with Gasteiger partial charge in [0, 0.05) is 30.8 Å². The molecule has 0 heterocycles. The zero-order valence-corrected chi connectivity index (χ0v) is 12.4. The number of hydrogen-bond acceptors (Lipinski definition) is 3. The van der Waals surface area contributed by atoms with Gasteiger partial charge in [0.25, 0.3) is 0 Å². The number of anilines is 1. The molecule has 0 aliphatic rings. The van der Waals surface area contributed by atoms with Gasteiger partial charge in [-0.05, 0) is 38.6 Å². The van der Waals surface area contributed by atoms with Crippen LogP contribution in [0.2, 0.25) is 5.02 Å². The highest BCUT2D eigenvalue weighted by molar-refractivity contribution is 6.30. The molecule has 0 aliphatic heterocycles. The van der Waals surface area contributed by atoms with Crippen LogP contribution in [0.5, 0.6) is 0 Å². The Hall–Kier alpha value is -0.770. The summed E-state index contributed by atoms with van der Waals surface area (Å²) in [6.07, 6.45) is 0.273. The fourth-order valence-electron chi connectivity index (χ4n) is 1.78. The lowest BCUT2D eigenvalue weighted by Crippen LogP contribution is -2.25. The summed E-state index contributed by atoms with van der Waals surface area (Å²) in [6.45, 7) is 6.51. The van der Waals surface area contributed by atoms with Gasteiger partial charge in [0.2, 0.25) is 0 Å². The van der Waals surface area contributed by atoms with Crippen LogP contribution in [0.3, 0.4) is 0 Å². The molecule has 1 aromatic carbocycles. The highest BCUT2D eigenvalue weighted by Gasteiger charge is 2.08. The first-order chi connectivity index (χ1) is 8.54. The smallest absolute Gasteiger partial charge is 0.0644 e. The lowest BCUT2D eigenvalue weighted by atomic mass is 10.1. The highest BCUT2D eigenvalue weighted by atomic mass is 35.5. The van der Waals surface area contributed by atoms with Crippen molar-refractivity contribution >= 4 is 17.3 Å². The Morgan fingerprint density at radius 2 is 2.11 bits per heavy atom. The third-order valence-electron chi connectivity index (χ3n) is 2.70. The van der Waals surface area contributed by atoms with E-state index in [1.54, 1.807) is 0 Å². The molecule has 0 saturated heterocycles. The van der Waals surface area contributed by atoms with Crippen molar-refractivity contribution in [1.82, 2.24) is 5.32 Å². The van der Waals surface area contributed by atoms with E-state index in [0.717, 1.165) is 30.4 Å². The van der Waals surface area contributed by atoms with Gasteiger partial charge in [0.1, 0.15) is 0 Å². The third kappa shape index (κ3) is 4.84. The summed E-state index contributed by atoms with van der Waals surface area (Å²) in [5.41, 5.74) is 2.40. The SMILES string of the molecule is CNCc1ccc(Cl)cc1N(C)CCOC(C)C. The second-order valence-corrected chi connectivity index (χ2v) is 5.08. The summed E-state index contributed by atoms with van der Waals surface area (Å²) in [5.74, 6) is 0. The lowest BCUT2D eigenvalue weighted by Gasteiger charge is -2.23. The van der Waals surface area contributed by atoms with Crippen LogP contribution in [-0.4, -0.2) is 33.4 Å². The van der Waals surface area contributed by atoms with Crippen molar-refractivity contribution < 1.29 is 4.74 Å². The van der Waals surface area contributed by atoms with Gasteiger partial charge in [-0.2, -0.15) is 0 Å². The Labute approximate surface area is 115 Å². The topological polar surface area (TPSA) is 24.5 Å². The van der Waals surface area contributed by atoms with E-state index < -0.39 is 0 Å². The minimum atomic E-state index is 0.273. The van der Waals surface area contributed by atoms with Gasteiger partial charge in [-0.1, -0.05) is 17.7 Å².